The molecule has 2 atom stereocenters. The van der Waals surface area contributed by atoms with Crippen molar-refractivity contribution in [3.05, 3.63) is 5.82 Å². The van der Waals surface area contributed by atoms with Crippen LogP contribution in [0.25, 0.3) is 0 Å². The molecule has 0 spiro atoms. The zero-order valence-corrected chi connectivity index (χ0v) is 13.9. The molecule has 0 amide bonds. The molecule has 0 radical (unpaired) electrons. The molecule has 1 aromatic heterocycles. The van der Waals surface area contributed by atoms with Crippen molar-refractivity contribution in [3.63, 3.8) is 0 Å². The van der Waals surface area contributed by atoms with E-state index in [-0.39, 0.29) is 0 Å². The second kappa shape index (κ2) is 5.60. The summed E-state index contributed by atoms with van der Waals surface area (Å²) >= 11 is 1.58. The van der Waals surface area contributed by atoms with Gasteiger partial charge in [-0.2, -0.15) is 4.37 Å². The second-order valence-electron chi connectivity index (χ2n) is 6.75. The molecule has 2 aliphatic rings. The minimum absolute atomic E-state index is 0.426. The van der Waals surface area contributed by atoms with Gasteiger partial charge in [0.05, 0.1) is 0 Å². The highest BCUT2D eigenvalue weighted by Crippen LogP contribution is 2.34. The van der Waals surface area contributed by atoms with Crippen LogP contribution in [0.2, 0.25) is 0 Å². The SMILES string of the molecule is CC(C)c1nsc(N2CCC3CCC(C2)N3C(C)C)n1. The van der Waals surface area contributed by atoms with Gasteiger partial charge in [-0.3, -0.25) is 4.90 Å². The Hall–Kier alpha value is -0.680. The molecule has 20 heavy (non-hydrogen) atoms. The summed E-state index contributed by atoms with van der Waals surface area (Å²) < 4.78 is 4.51. The summed E-state index contributed by atoms with van der Waals surface area (Å²) in [6.45, 7) is 11.3. The van der Waals surface area contributed by atoms with E-state index in [1.54, 1.807) is 11.5 Å². The number of hydrogen-bond donors (Lipinski definition) is 0. The van der Waals surface area contributed by atoms with Crippen molar-refractivity contribution in [1.29, 1.82) is 0 Å². The highest BCUT2D eigenvalue weighted by Gasteiger charge is 2.39. The monoisotopic (exact) mass is 294 g/mol. The van der Waals surface area contributed by atoms with Gasteiger partial charge in [-0.25, -0.2) is 4.98 Å². The van der Waals surface area contributed by atoms with Gasteiger partial charge < -0.3 is 4.90 Å². The van der Waals surface area contributed by atoms with Gasteiger partial charge in [0, 0.05) is 48.7 Å². The highest BCUT2D eigenvalue weighted by atomic mass is 32.1. The van der Waals surface area contributed by atoms with Crippen LogP contribution in [0.5, 0.6) is 0 Å². The average Bonchev–Trinajstić information content (AvgIpc) is 2.94. The zero-order chi connectivity index (χ0) is 14.3. The Morgan fingerprint density at radius 1 is 1.10 bits per heavy atom. The Kier molecular flexibility index (Phi) is 4.00. The van der Waals surface area contributed by atoms with Crippen molar-refractivity contribution >= 4 is 16.7 Å². The maximum atomic E-state index is 4.74. The molecule has 2 unspecified atom stereocenters. The van der Waals surface area contributed by atoms with E-state index >= 15 is 0 Å². The van der Waals surface area contributed by atoms with Crippen molar-refractivity contribution in [2.75, 3.05) is 18.0 Å². The zero-order valence-electron chi connectivity index (χ0n) is 13.0. The molecule has 0 N–H and O–H groups in total. The fourth-order valence-electron chi connectivity index (χ4n) is 3.72. The van der Waals surface area contributed by atoms with E-state index in [1.807, 2.05) is 0 Å². The molecule has 112 valence electrons. The summed E-state index contributed by atoms with van der Waals surface area (Å²) in [6.07, 6.45) is 3.99. The largest absolute Gasteiger partial charge is 0.345 e. The molecule has 2 aliphatic heterocycles. The summed E-state index contributed by atoms with van der Waals surface area (Å²) in [7, 11) is 0. The Bertz CT molecular complexity index is 456. The van der Waals surface area contributed by atoms with Crippen LogP contribution >= 0.6 is 11.5 Å². The molecule has 2 saturated heterocycles. The van der Waals surface area contributed by atoms with Crippen LogP contribution in [-0.2, 0) is 0 Å². The van der Waals surface area contributed by atoms with E-state index in [2.05, 4.69) is 41.9 Å². The van der Waals surface area contributed by atoms with E-state index in [0.29, 0.717) is 18.0 Å². The van der Waals surface area contributed by atoms with Crippen molar-refractivity contribution < 1.29 is 0 Å². The molecule has 2 fully saturated rings. The lowest BCUT2D eigenvalue weighted by Gasteiger charge is -2.32. The van der Waals surface area contributed by atoms with Crippen LogP contribution in [-0.4, -0.2) is 45.5 Å². The minimum atomic E-state index is 0.426. The van der Waals surface area contributed by atoms with Gasteiger partial charge in [0.2, 0.25) is 5.13 Å². The number of anilines is 1. The molecular weight excluding hydrogens is 268 g/mol. The number of nitrogens with zero attached hydrogens (tertiary/aromatic N) is 4. The Morgan fingerprint density at radius 2 is 1.85 bits per heavy atom. The molecule has 2 bridgehead atoms. The van der Waals surface area contributed by atoms with E-state index in [1.165, 1.54) is 19.3 Å². The number of aromatic nitrogens is 2. The van der Waals surface area contributed by atoms with Crippen LogP contribution in [0.3, 0.4) is 0 Å². The van der Waals surface area contributed by atoms with Crippen molar-refractivity contribution in [2.45, 2.75) is 71.0 Å². The molecule has 4 nitrogen and oxygen atoms in total. The van der Waals surface area contributed by atoms with Crippen molar-refractivity contribution in [3.8, 4) is 0 Å². The van der Waals surface area contributed by atoms with Crippen LogP contribution in [0.1, 0.15) is 58.7 Å². The quantitative estimate of drug-likeness (QED) is 0.857. The third-order valence-corrected chi connectivity index (χ3v) is 5.45. The maximum absolute atomic E-state index is 4.74. The Morgan fingerprint density at radius 3 is 2.50 bits per heavy atom. The Balaban J connectivity index is 1.76. The molecule has 5 heteroatoms. The first kappa shape index (κ1) is 14.3. The average molecular weight is 294 g/mol. The summed E-state index contributed by atoms with van der Waals surface area (Å²) in [5, 5.41) is 1.13. The van der Waals surface area contributed by atoms with Crippen LogP contribution in [0.4, 0.5) is 5.13 Å². The molecule has 3 rings (SSSR count). The summed E-state index contributed by atoms with van der Waals surface area (Å²) in [4.78, 5) is 9.96. The number of hydrogen-bond acceptors (Lipinski definition) is 5. The smallest absolute Gasteiger partial charge is 0.205 e. The van der Waals surface area contributed by atoms with Crippen molar-refractivity contribution in [1.82, 2.24) is 14.3 Å². The van der Waals surface area contributed by atoms with Gasteiger partial charge in [-0.15, -0.1) is 0 Å². The van der Waals surface area contributed by atoms with Crippen LogP contribution in [0.15, 0.2) is 0 Å². The topological polar surface area (TPSA) is 32.3 Å². The fourth-order valence-corrected chi connectivity index (χ4v) is 4.56. The van der Waals surface area contributed by atoms with E-state index in [0.717, 1.165) is 30.1 Å². The lowest BCUT2D eigenvalue weighted by molar-refractivity contribution is 0.158. The first-order chi connectivity index (χ1) is 9.56. The van der Waals surface area contributed by atoms with Gasteiger partial charge in [0.1, 0.15) is 5.82 Å². The summed E-state index contributed by atoms with van der Waals surface area (Å²) in [5.41, 5.74) is 0. The molecular formula is C15H26N4S. The lowest BCUT2D eigenvalue weighted by atomic mass is 10.1. The van der Waals surface area contributed by atoms with Gasteiger partial charge in [0.15, 0.2) is 0 Å². The summed E-state index contributed by atoms with van der Waals surface area (Å²) in [5.74, 6) is 1.43. The third-order valence-electron chi connectivity index (χ3n) is 4.65. The van der Waals surface area contributed by atoms with Gasteiger partial charge in [-0.1, -0.05) is 13.8 Å². The summed E-state index contributed by atoms with van der Waals surface area (Å²) in [6, 6.07) is 2.14. The highest BCUT2D eigenvalue weighted by molar-refractivity contribution is 7.09. The molecule has 3 heterocycles. The fraction of sp³-hybridized carbons (Fsp3) is 0.867. The van der Waals surface area contributed by atoms with E-state index in [9.17, 15) is 0 Å². The molecule has 0 aliphatic carbocycles. The minimum Gasteiger partial charge on any atom is -0.345 e. The predicted molar refractivity (Wildman–Crippen MR) is 84.6 cm³/mol. The molecule has 0 aromatic carbocycles. The lowest BCUT2D eigenvalue weighted by Crippen LogP contribution is -2.43. The maximum Gasteiger partial charge on any atom is 0.205 e. The van der Waals surface area contributed by atoms with Crippen molar-refractivity contribution in [2.24, 2.45) is 0 Å². The van der Waals surface area contributed by atoms with Crippen LogP contribution in [0, 0.1) is 0 Å². The van der Waals surface area contributed by atoms with Gasteiger partial charge in [0.25, 0.3) is 0 Å². The predicted octanol–water partition coefficient (Wildman–Crippen LogP) is 3.11. The normalized spacial score (nSPS) is 27.6. The molecule has 1 aromatic rings. The van der Waals surface area contributed by atoms with Gasteiger partial charge in [-0.05, 0) is 33.1 Å². The molecule has 0 saturated carbocycles. The van der Waals surface area contributed by atoms with Crippen LogP contribution < -0.4 is 4.90 Å². The van der Waals surface area contributed by atoms with Gasteiger partial charge >= 0.3 is 0 Å². The number of rotatable bonds is 3. The Labute approximate surface area is 126 Å². The van der Waals surface area contributed by atoms with E-state index in [4.69, 9.17) is 4.98 Å². The first-order valence-electron chi connectivity index (χ1n) is 7.92. The second-order valence-corrected chi connectivity index (χ2v) is 7.48. The first-order valence-corrected chi connectivity index (χ1v) is 8.69. The standard InChI is InChI=1S/C15H26N4S/c1-10(2)14-16-15(20-17-14)18-8-7-12-5-6-13(9-18)19(12)11(3)4/h10-13H,5-9H2,1-4H3. The third kappa shape index (κ3) is 2.58. The number of fused-ring (bicyclic) bond motifs is 2. The van der Waals surface area contributed by atoms with E-state index < -0.39 is 0 Å².